The first-order valence-corrected chi connectivity index (χ1v) is 6.18. The molecule has 2 aromatic rings. The molecular formula is C15H15NO4. The Kier molecular flexibility index (Phi) is 4.00. The number of nitro groups is 1. The summed E-state index contributed by atoms with van der Waals surface area (Å²) in [5, 5.41) is 20.6. The largest absolute Gasteiger partial charge is 0.450 e. The zero-order chi connectivity index (χ0) is 14.7. The molecule has 5 nitrogen and oxygen atoms in total. The number of aryl methyl sites for hydroxylation is 1. The summed E-state index contributed by atoms with van der Waals surface area (Å²) >= 11 is 0. The van der Waals surface area contributed by atoms with Crippen molar-refractivity contribution < 1.29 is 14.8 Å². The second kappa shape index (κ2) is 5.71. The number of ether oxygens (including phenoxy) is 1. The van der Waals surface area contributed by atoms with E-state index in [0.717, 1.165) is 5.56 Å². The molecular weight excluding hydrogens is 258 g/mol. The first-order chi connectivity index (χ1) is 9.47. The highest BCUT2D eigenvalue weighted by Gasteiger charge is 2.18. The van der Waals surface area contributed by atoms with E-state index in [0.29, 0.717) is 11.3 Å². The van der Waals surface area contributed by atoms with E-state index in [9.17, 15) is 15.2 Å². The van der Waals surface area contributed by atoms with Crippen molar-refractivity contribution >= 4 is 5.69 Å². The number of nitro benzene ring substituents is 1. The molecule has 0 saturated carbocycles. The number of benzene rings is 2. The number of hydrogen-bond donors (Lipinski definition) is 1. The van der Waals surface area contributed by atoms with Gasteiger partial charge in [0.05, 0.1) is 11.0 Å². The van der Waals surface area contributed by atoms with Crippen LogP contribution in [0.4, 0.5) is 5.69 Å². The van der Waals surface area contributed by atoms with Crippen molar-refractivity contribution in [1.82, 2.24) is 0 Å². The van der Waals surface area contributed by atoms with E-state index >= 15 is 0 Å². The predicted molar refractivity (Wildman–Crippen MR) is 75.0 cm³/mol. The predicted octanol–water partition coefficient (Wildman–Crippen LogP) is 3.75. The van der Waals surface area contributed by atoms with E-state index in [2.05, 4.69) is 0 Å². The van der Waals surface area contributed by atoms with Crippen molar-refractivity contribution in [3.8, 4) is 11.5 Å². The second-order valence-electron chi connectivity index (χ2n) is 4.58. The molecule has 0 aliphatic carbocycles. The lowest BCUT2D eigenvalue weighted by atomic mass is 10.1. The van der Waals surface area contributed by atoms with E-state index < -0.39 is 11.0 Å². The van der Waals surface area contributed by atoms with Gasteiger partial charge in [-0.2, -0.15) is 0 Å². The van der Waals surface area contributed by atoms with Crippen LogP contribution in [0, 0.1) is 17.0 Å². The molecule has 1 atom stereocenters. The van der Waals surface area contributed by atoms with Gasteiger partial charge in [0.1, 0.15) is 5.75 Å². The van der Waals surface area contributed by atoms with Gasteiger partial charge in [0.25, 0.3) is 0 Å². The van der Waals surface area contributed by atoms with Gasteiger partial charge in [0.15, 0.2) is 0 Å². The van der Waals surface area contributed by atoms with Gasteiger partial charge in [-0.3, -0.25) is 10.1 Å². The first kappa shape index (κ1) is 14.0. The summed E-state index contributed by atoms with van der Waals surface area (Å²) in [7, 11) is 0. The van der Waals surface area contributed by atoms with Gasteiger partial charge >= 0.3 is 5.69 Å². The monoisotopic (exact) mass is 273 g/mol. The van der Waals surface area contributed by atoms with Crippen LogP contribution in [0.3, 0.4) is 0 Å². The molecule has 0 aliphatic heterocycles. The Hall–Kier alpha value is -2.40. The highest BCUT2D eigenvalue weighted by atomic mass is 16.6. The Morgan fingerprint density at radius 1 is 1.25 bits per heavy atom. The van der Waals surface area contributed by atoms with Gasteiger partial charge in [-0.25, -0.2) is 0 Å². The summed E-state index contributed by atoms with van der Waals surface area (Å²) < 4.78 is 5.56. The minimum atomic E-state index is -0.762. The van der Waals surface area contributed by atoms with Crippen molar-refractivity contribution in [2.24, 2.45) is 0 Å². The fourth-order valence-corrected chi connectivity index (χ4v) is 1.83. The van der Waals surface area contributed by atoms with E-state index in [1.807, 2.05) is 19.1 Å². The molecule has 2 rings (SSSR count). The van der Waals surface area contributed by atoms with Crippen LogP contribution in [0.1, 0.15) is 24.2 Å². The standard InChI is InChI=1S/C15H15NO4/c1-10-4-3-5-13(8-10)20-15-7-6-12(11(2)17)9-14(15)16(18)19/h3-9,11,17H,1-2H3/t11-/m1/s1. The van der Waals surface area contributed by atoms with Crippen LogP contribution in [0.2, 0.25) is 0 Å². The maximum atomic E-state index is 11.1. The molecule has 0 saturated heterocycles. The Morgan fingerprint density at radius 2 is 2.00 bits per heavy atom. The van der Waals surface area contributed by atoms with Gasteiger partial charge in [0, 0.05) is 6.07 Å². The molecule has 0 radical (unpaired) electrons. The van der Waals surface area contributed by atoms with Crippen molar-refractivity contribution in [3.05, 3.63) is 63.7 Å². The van der Waals surface area contributed by atoms with Crippen LogP contribution >= 0.6 is 0 Å². The highest BCUT2D eigenvalue weighted by molar-refractivity contribution is 5.51. The molecule has 0 fully saturated rings. The number of hydrogen-bond acceptors (Lipinski definition) is 4. The minimum Gasteiger partial charge on any atom is -0.450 e. The molecule has 0 aliphatic rings. The fraction of sp³-hybridized carbons (Fsp3) is 0.200. The smallest absolute Gasteiger partial charge is 0.311 e. The van der Waals surface area contributed by atoms with Crippen molar-refractivity contribution in [1.29, 1.82) is 0 Å². The highest BCUT2D eigenvalue weighted by Crippen LogP contribution is 2.33. The van der Waals surface area contributed by atoms with E-state index in [4.69, 9.17) is 4.74 Å². The molecule has 5 heteroatoms. The molecule has 0 heterocycles. The lowest BCUT2D eigenvalue weighted by molar-refractivity contribution is -0.385. The lowest BCUT2D eigenvalue weighted by Crippen LogP contribution is -1.97. The Bertz CT molecular complexity index is 638. The van der Waals surface area contributed by atoms with Gasteiger partial charge in [-0.05, 0) is 43.2 Å². The summed E-state index contributed by atoms with van der Waals surface area (Å²) in [5.74, 6) is 0.697. The first-order valence-electron chi connectivity index (χ1n) is 6.18. The maximum absolute atomic E-state index is 11.1. The van der Waals surface area contributed by atoms with Crippen LogP contribution in [-0.2, 0) is 0 Å². The molecule has 0 unspecified atom stereocenters. The number of nitrogens with zero attached hydrogens (tertiary/aromatic N) is 1. The molecule has 0 spiro atoms. The minimum absolute atomic E-state index is 0.157. The van der Waals surface area contributed by atoms with Crippen LogP contribution in [0.15, 0.2) is 42.5 Å². The van der Waals surface area contributed by atoms with Crippen molar-refractivity contribution in [2.45, 2.75) is 20.0 Å². The Balaban J connectivity index is 2.38. The van der Waals surface area contributed by atoms with Gasteiger partial charge in [0.2, 0.25) is 5.75 Å². The van der Waals surface area contributed by atoms with Gasteiger partial charge in [-0.1, -0.05) is 18.2 Å². The lowest BCUT2D eigenvalue weighted by Gasteiger charge is -2.09. The van der Waals surface area contributed by atoms with Crippen molar-refractivity contribution in [3.63, 3.8) is 0 Å². The van der Waals surface area contributed by atoms with Crippen LogP contribution in [0.5, 0.6) is 11.5 Å². The molecule has 2 aromatic carbocycles. The third kappa shape index (κ3) is 3.13. The average Bonchev–Trinajstić information content (AvgIpc) is 2.38. The SMILES string of the molecule is Cc1cccc(Oc2ccc([C@@H](C)O)cc2[N+](=O)[O-])c1. The molecule has 0 aromatic heterocycles. The van der Waals surface area contributed by atoms with Gasteiger partial charge < -0.3 is 9.84 Å². The summed E-state index contributed by atoms with van der Waals surface area (Å²) in [4.78, 5) is 10.6. The van der Waals surface area contributed by atoms with Gasteiger partial charge in [-0.15, -0.1) is 0 Å². The normalized spacial score (nSPS) is 11.9. The van der Waals surface area contributed by atoms with E-state index in [-0.39, 0.29) is 11.4 Å². The van der Waals surface area contributed by atoms with Crippen LogP contribution in [0.25, 0.3) is 0 Å². The third-order valence-electron chi connectivity index (χ3n) is 2.88. The Labute approximate surface area is 116 Å². The molecule has 1 N–H and O–H groups in total. The molecule has 20 heavy (non-hydrogen) atoms. The van der Waals surface area contributed by atoms with Crippen LogP contribution < -0.4 is 4.74 Å². The maximum Gasteiger partial charge on any atom is 0.311 e. The summed E-state index contributed by atoms with van der Waals surface area (Å²) in [6, 6.07) is 11.7. The summed E-state index contributed by atoms with van der Waals surface area (Å²) in [5.41, 5.74) is 1.32. The van der Waals surface area contributed by atoms with Crippen molar-refractivity contribution in [2.75, 3.05) is 0 Å². The van der Waals surface area contributed by atoms with E-state index in [1.165, 1.54) is 12.1 Å². The fourth-order valence-electron chi connectivity index (χ4n) is 1.83. The topological polar surface area (TPSA) is 72.6 Å². The zero-order valence-electron chi connectivity index (χ0n) is 11.2. The van der Waals surface area contributed by atoms with Crippen LogP contribution in [-0.4, -0.2) is 10.0 Å². The summed E-state index contributed by atoms with van der Waals surface area (Å²) in [6.07, 6.45) is -0.762. The number of rotatable bonds is 4. The van der Waals surface area contributed by atoms with E-state index in [1.54, 1.807) is 25.1 Å². The number of aliphatic hydroxyl groups is 1. The quantitative estimate of drug-likeness (QED) is 0.680. The Morgan fingerprint density at radius 3 is 2.60 bits per heavy atom. The summed E-state index contributed by atoms with van der Waals surface area (Å²) in [6.45, 7) is 3.47. The molecule has 0 bridgehead atoms. The number of aliphatic hydroxyl groups excluding tert-OH is 1. The molecule has 104 valence electrons. The second-order valence-corrected chi connectivity index (χ2v) is 4.58. The molecule has 0 amide bonds. The third-order valence-corrected chi connectivity index (χ3v) is 2.88. The zero-order valence-corrected chi connectivity index (χ0v) is 11.2. The average molecular weight is 273 g/mol.